The normalized spacial score (nSPS) is 12.2. The van der Waals surface area contributed by atoms with Gasteiger partial charge in [-0.15, -0.1) is 0 Å². The number of carbonyl (C=O) groups excluding carboxylic acids is 1. The fraction of sp³-hybridized carbons (Fsp3) is 0.867. The molecule has 1 atom stereocenters. The van der Waals surface area contributed by atoms with Gasteiger partial charge < -0.3 is 20.2 Å². The SMILES string of the molecule is CCN(CC)CCCC(C)NC(=O)N(C)CCCC(=O)O. The quantitative estimate of drug-likeness (QED) is 0.612. The van der Waals surface area contributed by atoms with Gasteiger partial charge in [-0.25, -0.2) is 4.79 Å². The molecule has 0 aromatic rings. The molecule has 6 nitrogen and oxygen atoms in total. The van der Waals surface area contributed by atoms with Crippen LogP contribution in [0.4, 0.5) is 4.79 Å². The molecular formula is C15H31N3O3. The van der Waals surface area contributed by atoms with Gasteiger partial charge in [-0.1, -0.05) is 13.8 Å². The Balaban J connectivity index is 3.84. The molecule has 6 heteroatoms. The topological polar surface area (TPSA) is 72.9 Å². The van der Waals surface area contributed by atoms with E-state index in [1.165, 1.54) is 0 Å². The van der Waals surface area contributed by atoms with Gasteiger partial charge >= 0.3 is 12.0 Å². The van der Waals surface area contributed by atoms with Crippen molar-refractivity contribution in [2.75, 3.05) is 33.2 Å². The Morgan fingerprint density at radius 3 is 2.29 bits per heavy atom. The summed E-state index contributed by atoms with van der Waals surface area (Å²) in [6, 6.07) is 0.00529. The number of nitrogens with one attached hydrogen (secondary N) is 1. The lowest BCUT2D eigenvalue weighted by molar-refractivity contribution is -0.137. The predicted molar refractivity (Wildman–Crippen MR) is 84.5 cm³/mol. The lowest BCUT2D eigenvalue weighted by atomic mass is 10.2. The lowest BCUT2D eigenvalue weighted by Gasteiger charge is -2.22. The van der Waals surface area contributed by atoms with Crippen molar-refractivity contribution in [3.05, 3.63) is 0 Å². The number of hydrogen-bond donors (Lipinski definition) is 2. The summed E-state index contributed by atoms with van der Waals surface area (Å²) in [4.78, 5) is 26.2. The maximum atomic E-state index is 11.9. The van der Waals surface area contributed by atoms with Crippen LogP contribution in [0.5, 0.6) is 0 Å². The molecule has 0 fully saturated rings. The highest BCUT2D eigenvalue weighted by Crippen LogP contribution is 2.01. The number of aliphatic carboxylic acids is 1. The van der Waals surface area contributed by atoms with Gasteiger partial charge in [0, 0.05) is 26.1 Å². The third-order valence-electron chi connectivity index (χ3n) is 3.61. The first-order valence-electron chi connectivity index (χ1n) is 7.86. The van der Waals surface area contributed by atoms with E-state index in [1.54, 1.807) is 11.9 Å². The maximum Gasteiger partial charge on any atom is 0.317 e. The summed E-state index contributed by atoms with van der Waals surface area (Å²) in [6.45, 7) is 9.95. The van der Waals surface area contributed by atoms with E-state index in [0.29, 0.717) is 13.0 Å². The molecule has 0 saturated heterocycles. The number of carboxylic acids is 1. The molecule has 0 aliphatic rings. The zero-order chi connectivity index (χ0) is 16.3. The van der Waals surface area contributed by atoms with Crippen LogP contribution in [0.1, 0.15) is 46.5 Å². The van der Waals surface area contributed by atoms with Crippen molar-refractivity contribution < 1.29 is 14.7 Å². The predicted octanol–water partition coefficient (Wildman–Crippen LogP) is 2.00. The Kier molecular flexibility index (Phi) is 10.7. The van der Waals surface area contributed by atoms with Crippen LogP contribution in [-0.2, 0) is 4.79 Å². The summed E-state index contributed by atoms with van der Waals surface area (Å²) >= 11 is 0. The van der Waals surface area contributed by atoms with E-state index in [9.17, 15) is 9.59 Å². The van der Waals surface area contributed by atoms with Crippen molar-refractivity contribution in [2.45, 2.75) is 52.5 Å². The molecule has 0 aliphatic heterocycles. The second-order valence-electron chi connectivity index (χ2n) is 5.44. The van der Waals surface area contributed by atoms with Crippen LogP contribution in [-0.4, -0.2) is 66.2 Å². The lowest BCUT2D eigenvalue weighted by Crippen LogP contribution is -2.42. The molecule has 0 aromatic carbocycles. The second kappa shape index (κ2) is 11.4. The van der Waals surface area contributed by atoms with E-state index in [1.807, 2.05) is 6.92 Å². The largest absolute Gasteiger partial charge is 0.481 e. The van der Waals surface area contributed by atoms with Gasteiger partial charge in [0.25, 0.3) is 0 Å². The average molecular weight is 301 g/mol. The number of urea groups is 1. The molecule has 0 saturated carbocycles. The molecule has 0 aromatic heterocycles. The van der Waals surface area contributed by atoms with E-state index in [4.69, 9.17) is 5.11 Å². The van der Waals surface area contributed by atoms with Crippen molar-refractivity contribution in [1.29, 1.82) is 0 Å². The average Bonchev–Trinajstić information content (AvgIpc) is 2.43. The monoisotopic (exact) mass is 301 g/mol. The Morgan fingerprint density at radius 1 is 1.14 bits per heavy atom. The zero-order valence-electron chi connectivity index (χ0n) is 13.9. The van der Waals surface area contributed by atoms with Gasteiger partial charge in [0.2, 0.25) is 0 Å². The molecule has 2 amide bonds. The van der Waals surface area contributed by atoms with Crippen molar-refractivity contribution in [3.8, 4) is 0 Å². The molecule has 0 bridgehead atoms. The molecule has 0 aliphatic carbocycles. The first kappa shape index (κ1) is 19.7. The molecule has 2 N–H and O–H groups in total. The Morgan fingerprint density at radius 2 is 1.76 bits per heavy atom. The smallest absolute Gasteiger partial charge is 0.317 e. The highest BCUT2D eigenvalue weighted by molar-refractivity contribution is 5.74. The molecule has 0 spiro atoms. The number of hydrogen-bond acceptors (Lipinski definition) is 3. The summed E-state index contributed by atoms with van der Waals surface area (Å²) in [5.74, 6) is -0.825. The van der Waals surface area contributed by atoms with Crippen LogP contribution >= 0.6 is 0 Å². The summed E-state index contributed by atoms with van der Waals surface area (Å²) in [5, 5.41) is 11.5. The molecule has 1 unspecified atom stereocenters. The standard InChI is InChI=1S/C15H31N3O3/c1-5-18(6-2)12-7-9-13(3)16-15(21)17(4)11-8-10-14(19)20/h13H,5-12H2,1-4H3,(H,16,21)(H,19,20). The highest BCUT2D eigenvalue weighted by atomic mass is 16.4. The van der Waals surface area contributed by atoms with Crippen molar-refractivity contribution in [1.82, 2.24) is 15.1 Å². The minimum Gasteiger partial charge on any atom is -0.481 e. The van der Waals surface area contributed by atoms with Crippen LogP contribution in [0.25, 0.3) is 0 Å². The fourth-order valence-electron chi connectivity index (χ4n) is 2.12. The van der Waals surface area contributed by atoms with Gasteiger partial charge in [0.1, 0.15) is 0 Å². The van der Waals surface area contributed by atoms with Crippen LogP contribution in [0.3, 0.4) is 0 Å². The summed E-state index contributed by atoms with van der Waals surface area (Å²) in [6.07, 6.45) is 2.59. The second-order valence-corrected chi connectivity index (χ2v) is 5.44. The molecule has 0 heterocycles. The minimum absolute atomic E-state index is 0.0943. The third-order valence-corrected chi connectivity index (χ3v) is 3.61. The number of carbonyl (C=O) groups is 2. The zero-order valence-corrected chi connectivity index (χ0v) is 13.9. The molecule has 124 valence electrons. The molecule has 21 heavy (non-hydrogen) atoms. The van der Waals surface area contributed by atoms with Crippen LogP contribution < -0.4 is 5.32 Å². The van der Waals surface area contributed by atoms with Crippen molar-refractivity contribution in [3.63, 3.8) is 0 Å². The van der Waals surface area contributed by atoms with Crippen molar-refractivity contribution >= 4 is 12.0 Å². The van der Waals surface area contributed by atoms with Crippen molar-refractivity contribution in [2.24, 2.45) is 0 Å². The highest BCUT2D eigenvalue weighted by Gasteiger charge is 2.12. The number of rotatable bonds is 11. The van der Waals surface area contributed by atoms with Crippen LogP contribution in [0, 0.1) is 0 Å². The first-order valence-corrected chi connectivity index (χ1v) is 7.86. The molecule has 0 radical (unpaired) electrons. The fourth-order valence-corrected chi connectivity index (χ4v) is 2.12. The van der Waals surface area contributed by atoms with Gasteiger partial charge in [-0.3, -0.25) is 4.79 Å². The summed E-state index contributed by atoms with van der Waals surface area (Å²) < 4.78 is 0. The first-order chi connectivity index (χ1) is 9.90. The van der Waals surface area contributed by atoms with Crippen LogP contribution in [0.15, 0.2) is 0 Å². The third kappa shape index (κ3) is 10.1. The molecular weight excluding hydrogens is 270 g/mol. The Hall–Kier alpha value is -1.30. The van der Waals surface area contributed by atoms with Crippen LogP contribution in [0.2, 0.25) is 0 Å². The van der Waals surface area contributed by atoms with Gasteiger partial charge in [0.15, 0.2) is 0 Å². The summed E-state index contributed by atoms with van der Waals surface area (Å²) in [5.41, 5.74) is 0. The van der Waals surface area contributed by atoms with E-state index in [-0.39, 0.29) is 18.5 Å². The van der Waals surface area contributed by atoms with E-state index in [0.717, 1.165) is 32.5 Å². The van der Waals surface area contributed by atoms with Gasteiger partial charge in [0.05, 0.1) is 0 Å². The van der Waals surface area contributed by atoms with Gasteiger partial charge in [-0.2, -0.15) is 0 Å². The Labute approximate surface area is 128 Å². The Bertz CT molecular complexity index is 307. The maximum absolute atomic E-state index is 11.9. The number of amides is 2. The number of nitrogens with zero attached hydrogens (tertiary/aromatic N) is 2. The van der Waals surface area contributed by atoms with E-state index in [2.05, 4.69) is 24.1 Å². The number of carboxylic acid groups (broad SMARTS) is 1. The minimum atomic E-state index is -0.825. The van der Waals surface area contributed by atoms with Gasteiger partial charge in [-0.05, 0) is 45.8 Å². The van der Waals surface area contributed by atoms with E-state index < -0.39 is 5.97 Å². The summed E-state index contributed by atoms with van der Waals surface area (Å²) in [7, 11) is 1.69. The van der Waals surface area contributed by atoms with E-state index >= 15 is 0 Å². The molecule has 0 rings (SSSR count).